The molecule has 216 valence electrons. The summed E-state index contributed by atoms with van der Waals surface area (Å²) in [5, 5.41) is 5.23. The van der Waals surface area contributed by atoms with Gasteiger partial charge in [0.05, 0.1) is 0 Å². The molecule has 45 heavy (non-hydrogen) atoms. The van der Waals surface area contributed by atoms with E-state index >= 15 is 0 Å². The van der Waals surface area contributed by atoms with Gasteiger partial charge in [0.15, 0.2) is 0 Å². The third-order valence-electron chi connectivity index (χ3n) is 9.14. The van der Waals surface area contributed by atoms with Crippen molar-refractivity contribution < 1.29 is 0 Å². The molecular weight excluding hydrogens is 544 g/mol. The van der Waals surface area contributed by atoms with Gasteiger partial charge in [-0.1, -0.05) is 121 Å². The first-order valence-electron chi connectivity index (χ1n) is 15.7. The van der Waals surface area contributed by atoms with Crippen molar-refractivity contribution in [1.29, 1.82) is 0 Å². The topological polar surface area (TPSA) is 9.86 Å². The van der Waals surface area contributed by atoms with Crippen LogP contribution in [0.3, 0.4) is 0 Å². The molecule has 2 heterocycles. The first-order valence-corrected chi connectivity index (χ1v) is 15.7. The van der Waals surface area contributed by atoms with Gasteiger partial charge in [0, 0.05) is 57.2 Å². The maximum Gasteiger partial charge on any atom is 0.0491 e. The van der Waals surface area contributed by atoms with Crippen molar-refractivity contribution in [2.45, 2.75) is 13.5 Å². The molecule has 0 amide bonds. The Balaban J connectivity index is 0.979. The van der Waals surface area contributed by atoms with Gasteiger partial charge in [0.25, 0.3) is 0 Å². The molecule has 0 unspecified atom stereocenters. The van der Waals surface area contributed by atoms with Crippen LogP contribution in [0.1, 0.15) is 29.2 Å². The predicted octanol–water partition coefficient (Wildman–Crippen LogP) is 11.5. The van der Waals surface area contributed by atoms with Crippen LogP contribution in [-0.2, 0) is 13.6 Å². The van der Waals surface area contributed by atoms with Gasteiger partial charge in [-0.25, -0.2) is 0 Å². The average Bonchev–Trinajstić information content (AvgIpc) is 3.57. The molecule has 0 saturated heterocycles. The van der Waals surface area contributed by atoms with E-state index in [2.05, 4.69) is 181 Å². The number of fused-ring (bicyclic) bond motifs is 6. The zero-order chi connectivity index (χ0) is 30.3. The number of nitrogens with zero attached hydrogens (tertiary/aromatic N) is 2. The van der Waals surface area contributed by atoms with Crippen LogP contribution >= 0.6 is 0 Å². The van der Waals surface area contributed by atoms with E-state index in [9.17, 15) is 0 Å². The molecule has 0 atom stereocenters. The van der Waals surface area contributed by atoms with Gasteiger partial charge >= 0.3 is 0 Å². The molecule has 0 aliphatic carbocycles. The summed E-state index contributed by atoms with van der Waals surface area (Å²) in [6, 6.07) is 48.4. The van der Waals surface area contributed by atoms with Crippen LogP contribution in [0.15, 0.2) is 133 Å². The van der Waals surface area contributed by atoms with Crippen LogP contribution in [0, 0.1) is 0 Å². The van der Waals surface area contributed by atoms with Crippen LogP contribution in [0.25, 0.3) is 79.0 Å². The highest BCUT2D eigenvalue weighted by atomic mass is 15.0. The molecule has 0 N–H and O–H groups in total. The monoisotopic (exact) mass is 578 g/mol. The number of hydrogen-bond acceptors (Lipinski definition) is 0. The smallest absolute Gasteiger partial charge is 0.0491 e. The van der Waals surface area contributed by atoms with Crippen LogP contribution in [0.5, 0.6) is 0 Å². The van der Waals surface area contributed by atoms with Gasteiger partial charge in [-0.05, 0) is 76.7 Å². The SMILES string of the molecule is CCn1c2ccccc2c2cc(/C=C\c3ccc(-c4ccc(/C=C\c5ccc6c(c5)c5ccccc5n6C)cc4)cc3)ccc21. The van der Waals surface area contributed by atoms with Gasteiger partial charge in [-0.15, -0.1) is 0 Å². The Morgan fingerprint density at radius 2 is 0.822 bits per heavy atom. The Morgan fingerprint density at radius 1 is 0.422 bits per heavy atom. The molecule has 2 heteroatoms. The first kappa shape index (κ1) is 27.0. The van der Waals surface area contributed by atoms with Gasteiger partial charge in [0.1, 0.15) is 0 Å². The molecule has 8 aromatic rings. The Kier molecular flexibility index (Phi) is 6.69. The van der Waals surface area contributed by atoms with E-state index in [4.69, 9.17) is 0 Å². The average molecular weight is 579 g/mol. The highest BCUT2D eigenvalue weighted by Gasteiger charge is 2.09. The highest BCUT2D eigenvalue weighted by Crippen LogP contribution is 2.31. The molecule has 0 aliphatic heterocycles. The van der Waals surface area contributed by atoms with E-state index in [1.165, 1.54) is 77.0 Å². The lowest BCUT2D eigenvalue weighted by Gasteiger charge is -2.04. The van der Waals surface area contributed by atoms with Gasteiger partial charge in [-0.2, -0.15) is 0 Å². The molecule has 2 aromatic heterocycles. The summed E-state index contributed by atoms with van der Waals surface area (Å²) in [7, 11) is 2.14. The number of rotatable bonds is 6. The van der Waals surface area contributed by atoms with Gasteiger partial charge in [-0.3, -0.25) is 0 Å². The Hall–Kier alpha value is -5.60. The summed E-state index contributed by atoms with van der Waals surface area (Å²) in [5.41, 5.74) is 12.4. The van der Waals surface area contributed by atoms with Crippen LogP contribution in [-0.4, -0.2) is 9.13 Å². The fourth-order valence-corrected chi connectivity index (χ4v) is 6.76. The van der Waals surface area contributed by atoms with Crippen LogP contribution in [0.2, 0.25) is 0 Å². The molecule has 0 spiro atoms. The van der Waals surface area contributed by atoms with Crippen molar-refractivity contribution in [3.05, 3.63) is 156 Å². The Labute approximate surface area is 263 Å². The van der Waals surface area contributed by atoms with E-state index in [1.807, 2.05) is 0 Å². The van der Waals surface area contributed by atoms with E-state index in [0.717, 1.165) is 6.54 Å². The third kappa shape index (κ3) is 4.85. The lowest BCUT2D eigenvalue weighted by atomic mass is 10.0. The minimum absolute atomic E-state index is 0.966. The summed E-state index contributed by atoms with van der Waals surface area (Å²) in [4.78, 5) is 0. The minimum Gasteiger partial charge on any atom is -0.344 e. The lowest BCUT2D eigenvalue weighted by molar-refractivity contribution is 0.827. The summed E-state index contributed by atoms with van der Waals surface area (Å²) in [6.45, 7) is 3.18. The second-order valence-electron chi connectivity index (χ2n) is 11.8. The number of aromatic nitrogens is 2. The maximum absolute atomic E-state index is 2.39. The van der Waals surface area contributed by atoms with Crippen molar-refractivity contribution in [2.24, 2.45) is 7.05 Å². The molecule has 0 radical (unpaired) electrons. The van der Waals surface area contributed by atoms with Crippen molar-refractivity contribution in [3.63, 3.8) is 0 Å². The fourth-order valence-electron chi connectivity index (χ4n) is 6.76. The number of benzene rings is 6. The lowest BCUT2D eigenvalue weighted by Crippen LogP contribution is -1.92. The molecule has 8 rings (SSSR count). The molecule has 0 aliphatic rings. The molecule has 0 bridgehead atoms. The predicted molar refractivity (Wildman–Crippen MR) is 195 cm³/mol. The highest BCUT2D eigenvalue weighted by molar-refractivity contribution is 6.09. The number of aryl methyl sites for hydroxylation is 2. The summed E-state index contributed by atoms with van der Waals surface area (Å²) < 4.78 is 4.67. The van der Waals surface area contributed by atoms with Crippen LogP contribution in [0.4, 0.5) is 0 Å². The van der Waals surface area contributed by atoms with Crippen molar-refractivity contribution in [3.8, 4) is 11.1 Å². The van der Waals surface area contributed by atoms with Crippen molar-refractivity contribution in [2.75, 3.05) is 0 Å². The number of para-hydroxylation sites is 2. The van der Waals surface area contributed by atoms with E-state index < -0.39 is 0 Å². The molecule has 0 saturated carbocycles. The molecule has 6 aromatic carbocycles. The zero-order valence-corrected chi connectivity index (χ0v) is 25.6. The summed E-state index contributed by atoms with van der Waals surface area (Å²) in [5.74, 6) is 0. The molecular formula is C43H34N2. The Morgan fingerprint density at radius 3 is 1.40 bits per heavy atom. The van der Waals surface area contributed by atoms with E-state index in [1.54, 1.807) is 0 Å². The van der Waals surface area contributed by atoms with E-state index in [-0.39, 0.29) is 0 Å². The largest absolute Gasteiger partial charge is 0.344 e. The standard InChI is InChI=1S/C43H34N2/c1-3-45-42-11-7-5-9-37(42)39-29-33(21-27-43(39)45)15-13-31-18-24-35(25-19-31)34-22-16-30(17-23-34)12-14-32-20-26-41-38(28-32)36-8-4-6-10-40(36)44(41)2/h4-29H,3H2,1-2H3/b14-12-,15-13-. The first-order chi connectivity index (χ1) is 22.2. The van der Waals surface area contributed by atoms with Gasteiger partial charge in [0.2, 0.25) is 0 Å². The van der Waals surface area contributed by atoms with Crippen LogP contribution < -0.4 is 0 Å². The fraction of sp³-hybridized carbons (Fsp3) is 0.0698. The summed E-state index contributed by atoms with van der Waals surface area (Å²) in [6.07, 6.45) is 8.82. The minimum atomic E-state index is 0.966. The normalized spacial score (nSPS) is 12.1. The second-order valence-corrected chi connectivity index (χ2v) is 11.8. The van der Waals surface area contributed by atoms with E-state index in [0.29, 0.717) is 0 Å². The quantitative estimate of drug-likeness (QED) is 0.174. The third-order valence-corrected chi connectivity index (χ3v) is 9.14. The van der Waals surface area contributed by atoms with Crippen molar-refractivity contribution >= 4 is 67.9 Å². The number of hydrogen-bond donors (Lipinski definition) is 0. The second kappa shape index (κ2) is 11.2. The maximum atomic E-state index is 2.39. The molecule has 0 fully saturated rings. The van der Waals surface area contributed by atoms with Crippen molar-refractivity contribution in [1.82, 2.24) is 9.13 Å². The molecule has 2 nitrogen and oxygen atoms in total. The van der Waals surface area contributed by atoms with Gasteiger partial charge < -0.3 is 9.13 Å². The zero-order valence-electron chi connectivity index (χ0n) is 25.6. The Bertz CT molecular complexity index is 2390. The summed E-state index contributed by atoms with van der Waals surface area (Å²) >= 11 is 0.